The number of hydrogen-bond acceptors (Lipinski definition) is 3. The SMILES string of the molecule is CCN1CCOC(C(O)C2CCCCCC2)C1. The molecule has 17 heavy (non-hydrogen) atoms. The molecule has 1 N–H and O–H groups in total. The molecule has 2 aliphatic rings. The van der Waals surface area contributed by atoms with E-state index in [1.165, 1.54) is 38.5 Å². The number of ether oxygens (including phenoxy) is 1. The topological polar surface area (TPSA) is 32.7 Å². The maximum absolute atomic E-state index is 10.5. The highest BCUT2D eigenvalue weighted by atomic mass is 16.5. The highest BCUT2D eigenvalue weighted by Crippen LogP contribution is 2.28. The highest BCUT2D eigenvalue weighted by Gasteiger charge is 2.31. The number of aliphatic hydroxyl groups excluding tert-OH is 1. The minimum absolute atomic E-state index is 0.0480. The van der Waals surface area contributed by atoms with Crippen LogP contribution in [0.1, 0.15) is 45.4 Å². The van der Waals surface area contributed by atoms with Gasteiger partial charge in [-0.25, -0.2) is 0 Å². The van der Waals surface area contributed by atoms with Gasteiger partial charge in [-0.05, 0) is 25.3 Å². The van der Waals surface area contributed by atoms with E-state index in [4.69, 9.17) is 4.74 Å². The second-order valence-electron chi connectivity index (χ2n) is 5.54. The maximum Gasteiger partial charge on any atom is 0.0963 e. The fourth-order valence-corrected chi connectivity index (χ4v) is 3.18. The van der Waals surface area contributed by atoms with Gasteiger partial charge in [0.1, 0.15) is 0 Å². The summed E-state index contributed by atoms with van der Waals surface area (Å²) in [6.45, 7) is 5.96. The molecule has 0 spiro atoms. The van der Waals surface area contributed by atoms with Crippen molar-refractivity contribution < 1.29 is 9.84 Å². The Kier molecular flexibility index (Phi) is 5.26. The number of aliphatic hydroxyl groups is 1. The molecule has 0 bridgehead atoms. The van der Waals surface area contributed by atoms with Crippen molar-refractivity contribution in [2.75, 3.05) is 26.2 Å². The molecule has 2 unspecified atom stereocenters. The average Bonchev–Trinajstić information content (AvgIpc) is 2.67. The third-order valence-corrected chi connectivity index (χ3v) is 4.39. The second-order valence-corrected chi connectivity index (χ2v) is 5.54. The van der Waals surface area contributed by atoms with Crippen LogP contribution in [0.5, 0.6) is 0 Å². The van der Waals surface area contributed by atoms with Gasteiger partial charge in [-0.1, -0.05) is 32.6 Å². The Labute approximate surface area is 105 Å². The van der Waals surface area contributed by atoms with Gasteiger partial charge in [0, 0.05) is 13.1 Å². The average molecular weight is 241 g/mol. The normalized spacial score (nSPS) is 31.1. The molecule has 2 rings (SSSR count). The summed E-state index contributed by atoms with van der Waals surface area (Å²) in [5.41, 5.74) is 0. The first-order valence-corrected chi connectivity index (χ1v) is 7.33. The van der Waals surface area contributed by atoms with Crippen molar-refractivity contribution in [1.82, 2.24) is 4.90 Å². The first-order chi connectivity index (χ1) is 8.31. The third-order valence-electron chi connectivity index (χ3n) is 4.39. The molecule has 2 atom stereocenters. The molecule has 1 aliphatic carbocycles. The molecule has 1 aliphatic heterocycles. The molecule has 100 valence electrons. The van der Waals surface area contributed by atoms with E-state index < -0.39 is 0 Å². The molecule has 3 nitrogen and oxygen atoms in total. The summed E-state index contributed by atoms with van der Waals surface area (Å²) >= 11 is 0. The fourth-order valence-electron chi connectivity index (χ4n) is 3.18. The van der Waals surface area contributed by atoms with E-state index in [9.17, 15) is 5.11 Å². The minimum Gasteiger partial charge on any atom is -0.390 e. The van der Waals surface area contributed by atoms with Crippen LogP contribution in [-0.4, -0.2) is 48.5 Å². The first-order valence-electron chi connectivity index (χ1n) is 7.33. The van der Waals surface area contributed by atoms with Crippen LogP contribution in [0, 0.1) is 5.92 Å². The Morgan fingerprint density at radius 1 is 1.24 bits per heavy atom. The molecule has 3 heteroatoms. The molecule has 1 saturated carbocycles. The Morgan fingerprint density at radius 3 is 2.59 bits per heavy atom. The molecule has 1 heterocycles. The minimum atomic E-state index is -0.248. The van der Waals surface area contributed by atoms with E-state index in [-0.39, 0.29) is 12.2 Å². The number of hydrogen-bond donors (Lipinski definition) is 1. The fraction of sp³-hybridized carbons (Fsp3) is 1.00. The van der Waals surface area contributed by atoms with Gasteiger partial charge in [0.15, 0.2) is 0 Å². The van der Waals surface area contributed by atoms with Crippen LogP contribution in [0.25, 0.3) is 0 Å². The number of morpholine rings is 1. The smallest absolute Gasteiger partial charge is 0.0963 e. The van der Waals surface area contributed by atoms with Gasteiger partial charge in [0.25, 0.3) is 0 Å². The summed E-state index contributed by atoms with van der Waals surface area (Å²) in [7, 11) is 0. The lowest BCUT2D eigenvalue weighted by atomic mass is 9.90. The van der Waals surface area contributed by atoms with Crippen LogP contribution in [-0.2, 0) is 4.74 Å². The highest BCUT2D eigenvalue weighted by molar-refractivity contribution is 4.83. The summed E-state index contributed by atoms with van der Waals surface area (Å²) in [6, 6.07) is 0. The molecule has 2 fully saturated rings. The van der Waals surface area contributed by atoms with E-state index in [2.05, 4.69) is 11.8 Å². The lowest BCUT2D eigenvalue weighted by Gasteiger charge is -2.37. The van der Waals surface area contributed by atoms with Crippen LogP contribution in [0.15, 0.2) is 0 Å². The molecule has 0 aromatic carbocycles. The summed E-state index contributed by atoms with van der Waals surface area (Å²) in [5.74, 6) is 0.472. The van der Waals surface area contributed by atoms with Gasteiger partial charge in [0.05, 0.1) is 18.8 Å². The van der Waals surface area contributed by atoms with Gasteiger partial charge in [-0.3, -0.25) is 4.90 Å². The van der Waals surface area contributed by atoms with Crippen molar-refractivity contribution in [1.29, 1.82) is 0 Å². The van der Waals surface area contributed by atoms with Crippen LogP contribution < -0.4 is 0 Å². The predicted molar refractivity (Wildman–Crippen MR) is 69.1 cm³/mol. The Morgan fingerprint density at radius 2 is 1.94 bits per heavy atom. The third kappa shape index (κ3) is 3.67. The van der Waals surface area contributed by atoms with Crippen molar-refractivity contribution >= 4 is 0 Å². The quantitative estimate of drug-likeness (QED) is 0.768. The Hall–Kier alpha value is -0.120. The first kappa shape index (κ1) is 13.3. The molecule has 0 radical (unpaired) electrons. The van der Waals surface area contributed by atoms with Gasteiger partial charge < -0.3 is 9.84 Å². The van der Waals surface area contributed by atoms with Crippen molar-refractivity contribution in [3.8, 4) is 0 Å². The number of likely N-dealkylation sites (N-methyl/N-ethyl adjacent to an activating group) is 1. The van der Waals surface area contributed by atoms with E-state index >= 15 is 0 Å². The maximum atomic E-state index is 10.5. The van der Waals surface area contributed by atoms with Crippen LogP contribution in [0.4, 0.5) is 0 Å². The zero-order valence-corrected chi connectivity index (χ0v) is 11.1. The largest absolute Gasteiger partial charge is 0.390 e. The van der Waals surface area contributed by atoms with Gasteiger partial charge in [-0.15, -0.1) is 0 Å². The van der Waals surface area contributed by atoms with E-state index in [0.717, 1.165) is 26.2 Å². The molecule has 0 aromatic heterocycles. The van der Waals surface area contributed by atoms with Gasteiger partial charge in [0.2, 0.25) is 0 Å². The molecule has 1 saturated heterocycles. The second kappa shape index (κ2) is 6.72. The lowest BCUT2D eigenvalue weighted by molar-refractivity contribution is -0.106. The van der Waals surface area contributed by atoms with Crippen LogP contribution >= 0.6 is 0 Å². The molecular weight excluding hydrogens is 214 g/mol. The van der Waals surface area contributed by atoms with E-state index in [0.29, 0.717) is 5.92 Å². The van der Waals surface area contributed by atoms with Gasteiger partial charge >= 0.3 is 0 Å². The predicted octanol–water partition coefficient (Wildman–Crippen LogP) is 2.04. The van der Waals surface area contributed by atoms with Crippen molar-refractivity contribution in [3.05, 3.63) is 0 Å². The van der Waals surface area contributed by atoms with Crippen LogP contribution in [0.3, 0.4) is 0 Å². The number of nitrogens with zero attached hydrogens (tertiary/aromatic N) is 1. The van der Waals surface area contributed by atoms with Crippen molar-refractivity contribution in [3.63, 3.8) is 0 Å². The Balaban J connectivity index is 1.86. The van der Waals surface area contributed by atoms with Crippen molar-refractivity contribution in [2.45, 2.75) is 57.7 Å². The van der Waals surface area contributed by atoms with Crippen molar-refractivity contribution in [2.24, 2.45) is 5.92 Å². The Bertz CT molecular complexity index is 214. The summed E-state index contributed by atoms with van der Waals surface area (Å²) in [5, 5.41) is 10.5. The number of rotatable bonds is 3. The monoisotopic (exact) mass is 241 g/mol. The van der Waals surface area contributed by atoms with E-state index in [1.54, 1.807) is 0 Å². The summed E-state index contributed by atoms with van der Waals surface area (Å²) < 4.78 is 5.77. The standard InChI is InChI=1S/C14H27NO2/c1-2-15-9-10-17-13(11-15)14(16)12-7-5-3-4-6-8-12/h12-14,16H,2-11H2,1H3. The zero-order valence-electron chi connectivity index (χ0n) is 11.1. The molecular formula is C14H27NO2. The van der Waals surface area contributed by atoms with Crippen LogP contribution in [0.2, 0.25) is 0 Å². The lowest BCUT2D eigenvalue weighted by Crippen LogP contribution is -2.49. The van der Waals surface area contributed by atoms with Gasteiger partial charge in [-0.2, -0.15) is 0 Å². The summed E-state index contributed by atoms with van der Waals surface area (Å²) in [6.07, 6.45) is 7.43. The zero-order chi connectivity index (χ0) is 12.1. The molecule has 0 aromatic rings. The summed E-state index contributed by atoms with van der Waals surface area (Å²) in [4.78, 5) is 2.38. The van der Waals surface area contributed by atoms with E-state index in [1.807, 2.05) is 0 Å². The molecule has 0 amide bonds.